The molecular weight excluding hydrogens is 339 g/mol. The van der Waals surface area contributed by atoms with Gasteiger partial charge in [0.25, 0.3) is 0 Å². The Labute approximate surface area is 123 Å². The molecule has 0 aromatic heterocycles. The van der Waals surface area contributed by atoms with Gasteiger partial charge in [-0.1, -0.05) is 61.4 Å². The van der Waals surface area contributed by atoms with E-state index in [1.165, 1.54) is 0 Å². The third-order valence-electron chi connectivity index (χ3n) is 4.16. The van der Waals surface area contributed by atoms with Crippen LogP contribution in [0.4, 0.5) is 0 Å². The number of hydrogen-bond acceptors (Lipinski definition) is 1. The molecule has 0 amide bonds. The van der Waals surface area contributed by atoms with E-state index >= 15 is 0 Å². The lowest BCUT2D eigenvalue weighted by Gasteiger charge is -2.49. The second-order valence-corrected chi connectivity index (χ2v) is 14.1. The highest BCUT2D eigenvalue weighted by Gasteiger charge is 2.56. The van der Waals surface area contributed by atoms with Gasteiger partial charge in [-0.05, 0) is 15.6 Å². The molecule has 1 rings (SSSR count). The van der Waals surface area contributed by atoms with E-state index in [0.717, 1.165) is 4.48 Å². The summed E-state index contributed by atoms with van der Waals surface area (Å²) >= 11 is 16.3. The summed E-state index contributed by atoms with van der Waals surface area (Å²) in [6.07, 6.45) is 2.33. The van der Waals surface area contributed by atoms with Crippen LogP contribution in [0.2, 0.25) is 18.1 Å². The van der Waals surface area contributed by atoms with Gasteiger partial charge in [-0.15, -0.1) is 11.6 Å². The minimum absolute atomic E-state index is 0.0739. The van der Waals surface area contributed by atoms with Gasteiger partial charge in [0.2, 0.25) is 0 Å². The van der Waals surface area contributed by atoms with Crippen LogP contribution < -0.4 is 0 Å². The van der Waals surface area contributed by atoms with Gasteiger partial charge in [-0.3, -0.25) is 0 Å². The molecule has 0 aliphatic heterocycles. The second-order valence-electron chi connectivity index (χ2n) is 6.14. The SMILES string of the molecule is CC(C)(C)[Si](C)(C)[C@@]1(Cl)CC(Br)=CC(Cl)=C1O. The van der Waals surface area contributed by atoms with Crippen molar-refractivity contribution in [2.24, 2.45) is 0 Å². The summed E-state index contributed by atoms with van der Waals surface area (Å²) in [5.74, 6) is 0.135. The Morgan fingerprint density at radius 3 is 2.29 bits per heavy atom. The van der Waals surface area contributed by atoms with E-state index in [1.807, 2.05) is 0 Å². The highest BCUT2D eigenvalue weighted by molar-refractivity contribution is 9.11. The van der Waals surface area contributed by atoms with Gasteiger partial charge in [0.1, 0.15) is 5.76 Å². The highest BCUT2D eigenvalue weighted by Crippen LogP contribution is 2.54. The molecule has 0 bridgehead atoms. The molecule has 0 fully saturated rings. The van der Waals surface area contributed by atoms with Crippen molar-refractivity contribution < 1.29 is 5.11 Å². The lowest BCUT2D eigenvalue weighted by molar-refractivity contribution is 0.367. The van der Waals surface area contributed by atoms with Crippen LogP contribution in [0, 0.1) is 0 Å². The zero-order valence-corrected chi connectivity index (χ0v) is 15.0. The first-order chi connectivity index (χ1) is 7.43. The van der Waals surface area contributed by atoms with E-state index < -0.39 is 12.6 Å². The van der Waals surface area contributed by atoms with E-state index in [9.17, 15) is 5.11 Å². The lowest BCUT2D eigenvalue weighted by Crippen LogP contribution is -2.58. The zero-order valence-electron chi connectivity index (χ0n) is 10.9. The summed E-state index contributed by atoms with van der Waals surface area (Å²) in [6.45, 7) is 10.9. The van der Waals surface area contributed by atoms with Crippen LogP contribution in [0.25, 0.3) is 0 Å². The van der Waals surface area contributed by atoms with E-state index in [-0.39, 0.29) is 10.8 Å². The van der Waals surface area contributed by atoms with Crippen molar-refractivity contribution in [3.63, 3.8) is 0 Å². The normalized spacial score (nSPS) is 27.2. The van der Waals surface area contributed by atoms with Crippen molar-refractivity contribution in [2.45, 2.75) is 49.8 Å². The fraction of sp³-hybridized carbons (Fsp3) is 0.667. The van der Waals surface area contributed by atoms with Gasteiger partial charge in [-0.2, -0.15) is 0 Å². The predicted octanol–water partition coefficient (Wildman–Crippen LogP) is 5.70. The Hall–Kier alpha value is 0.557. The average Bonchev–Trinajstić information content (AvgIpc) is 2.11. The molecule has 1 aliphatic rings. The standard InChI is InChI=1S/C12H19BrCl2OSi/c1-11(2,3)17(4,5)12(15)7-8(13)6-9(14)10(12)16/h6,16H,7H2,1-5H3/t12-/m0/s1. The molecule has 0 aromatic rings. The zero-order chi connectivity index (χ0) is 13.6. The van der Waals surface area contributed by atoms with Gasteiger partial charge in [0, 0.05) is 6.42 Å². The minimum atomic E-state index is -1.97. The molecule has 1 aliphatic carbocycles. The largest absolute Gasteiger partial charge is 0.509 e. The summed E-state index contributed by atoms with van der Waals surface area (Å²) in [5.41, 5.74) is 0. The molecule has 0 saturated carbocycles. The van der Waals surface area contributed by atoms with Gasteiger partial charge >= 0.3 is 0 Å². The van der Waals surface area contributed by atoms with Gasteiger partial charge in [-0.25, -0.2) is 0 Å². The molecule has 0 spiro atoms. The molecule has 0 radical (unpaired) electrons. The van der Waals surface area contributed by atoms with Crippen molar-refractivity contribution in [2.75, 3.05) is 0 Å². The lowest BCUT2D eigenvalue weighted by atomic mass is 10.1. The van der Waals surface area contributed by atoms with Crippen LogP contribution in [-0.4, -0.2) is 17.7 Å². The molecule has 5 heteroatoms. The maximum atomic E-state index is 10.3. The molecule has 0 saturated heterocycles. The summed E-state index contributed by atoms with van der Waals surface area (Å²) in [5, 5.41) is 10.7. The number of halogens is 3. The average molecular weight is 358 g/mol. The summed E-state index contributed by atoms with van der Waals surface area (Å²) in [7, 11) is -1.97. The number of aliphatic hydroxyl groups excluding tert-OH is 1. The van der Waals surface area contributed by atoms with Crippen molar-refractivity contribution in [3.8, 4) is 0 Å². The Kier molecular flexibility index (Phi) is 4.21. The Balaban J connectivity index is 3.35. The molecule has 0 unspecified atom stereocenters. The third kappa shape index (κ3) is 2.49. The van der Waals surface area contributed by atoms with Crippen LogP contribution in [0.1, 0.15) is 27.2 Å². The number of alkyl halides is 1. The van der Waals surface area contributed by atoms with Crippen molar-refractivity contribution in [1.29, 1.82) is 0 Å². The maximum Gasteiger partial charge on any atom is 0.129 e. The summed E-state index contributed by atoms with van der Waals surface area (Å²) in [6, 6.07) is 0. The first-order valence-electron chi connectivity index (χ1n) is 5.58. The fourth-order valence-electron chi connectivity index (χ4n) is 1.87. The molecule has 0 heterocycles. The van der Waals surface area contributed by atoms with Crippen LogP contribution in [0.3, 0.4) is 0 Å². The maximum absolute atomic E-state index is 10.3. The predicted molar refractivity (Wildman–Crippen MR) is 82.9 cm³/mol. The Morgan fingerprint density at radius 2 is 1.88 bits per heavy atom. The quantitative estimate of drug-likeness (QED) is 0.471. The van der Waals surface area contributed by atoms with Gasteiger partial charge in [0.15, 0.2) is 0 Å². The van der Waals surface area contributed by atoms with Crippen LogP contribution >= 0.6 is 39.1 Å². The van der Waals surface area contributed by atoms with Crippen molar-refractivity contribution >= 4 is 47.2 Å². The number of hydrogen-bond donors (Lipinski definition) is 1. The highest BCUT2D eigenvalue weighted by atomic mass is 79.9. The Bertz CT molecular complexity index is 396. The monoisotopic (exact) mass is 356 g/mol. The Morgan fingerprint density at radius 1 is 1.41 bits per heavy atom. The van der Waals surface area contributed by atoms with Crippen LogP contribution in [-0.2, 0) is 0 Å². The molecule has 17 heavy (non-hydrogen) atoms. The van der Waals surface area contributed by atoms with E-state index in [1.54, 1.807) is 6.08 Å². The smallest absolute Gasteiger partial charge is 0.129 e. The fourth-order valence-corrected chi connectivity index (χ4v) is 7.14. The topological polar surface area (TPSA) is 20.2 Å². The minimum Gasteiger partial charge on any atom is -0.509 e. The molecular formula is C12H19BrCl2OSi. The van der Waals surface area contributed by atoms with Gasteiger partial charge < -0.3 is 5.11 Å². The number of rotatable bonds is 1. The molecule has 98 valence electrons. The van der Waals surface area contributed by atoms with Crippen LogP contribution in [0.5, 0.6) is 0 Å². The molecule has 1 N–H and O–H groups in total. The first-order valence-corrected chi connectivity index (χ1v) is 10.1. The number of allylic oxidation sites excluding steroid dienone is 4. The van der Waals surface area contributed by atoms with E-state index in [2.05, 4.69) is 49.8 Å². The van der Waals surface area contributed by atoms with Crippen LogP contribution in [0.15, 0.2) is 21.3 Å². The van der Waals surface area contributed by atoms with Gasteiger partial charge in [0.05, 0.1) is 17.6 Å². The first kappa shape index (κ1) is 15.6. The summed E-state index contributed by atoms with van der Waals surface area (Å²) < 4.78 is 0.204. The van der Waals surface area contributed by atoms with Crippen molar-refractivity contribution in [1.82, 2.24) is 0 Å². The van der Waals surface area contributed by atoms with E-state index in [0.29, 0.717) is 11.5 Å². The van der Waals surface area contributed by atoms with E-state index in [4.69, 9.17) is 23.2 Å². The molecule has 1 nitrogen and oxygen atoms in total. The molecule has 1 atom stereocenters. The van der Waals surface area contributed by atoms with Crippen molar-refractivity contribution in [3.05, 3.63) is 21.3 Å². The summed E-state index contributed by atoms with van der Waals surface area (Å²) in [4.78, 5) is 0. The number of aliphatic hydroxyl groups is 1. The second kappa shape index (κ2) is 4.59. The third-order valence-corrected chi connectivity index (χ3v) is 12.8. The molecule has 0 aromatic carbocycles.